The predicted molar refractivity (Wildman–Crippen MR) is 70.4 cm³/mol. The van der Waals surface area contributed by atoms with Crippen molar-refractivity contribution in [2.45, 2.75) is 32.2 Å². The van der Waals surface area contributed by atoms with Crippen molar-refractivity contribution in [1.29, 1.82) is 0 Å². The lowest BCUT2D eigenvalue weighted by Gasteiger charge is -2.07. The molecule has 1 heterocycles. The van der Waals surface area contributed by atoms with Crippen molar-refractivity contribution in [1.82, 2.24) is 9.97 Å². The third-order valence-corrected chi connectivity index (χ3v) is 3.03. The number of hydrogen-bond acceptors (Lipinski definition) is 2. The van der Waals surface area contributed by atoms with E-state index in [1.165, 1.54) is 6.20 Å². The van der Waals surface area contributed by atoms with Gasteiger partial charge in [0.2, 0.25) is 0 Å². The minimum atomic E-state index is -0.487. The lowest BCUT2D eigenvalue weighted by Crippen LogP contribution is -2.11. The van der Waals surface area contributed by atoms with Crippen molar-refractivity contribution in [3.63, 3.8) is 0 Å². The van der Waals surface area contributed by atoms with E-state index in [4.69, 9.17) is 5.73 Å². The van der Waals surface area contributed by atoms with Gasteiger partial charge in [0.1, 0.15) is 17.5 Å². The first-order valence-corrected chi connectivity index (χ1v) is 6.37. The summed E-state index contributed by atoms with van der Waals surface area (Å²) in [7, 11) is 0. The molecule has 3 nitrogen and oxygen atoms in total. The number of nitrogens with zero attached hydrogens (tertiary/aromatic N) is 1. The molecule has 19 heavy (non-hydrogen) atoms. The average molecular weight is 265 g/mol. The van der Waals surface area contributed by atoms with E-state index >= 15 is 0 Å². The fraction of sp³-hybridized carbons (Fsp3) is 0.357. The molecule has 0 saturated carbocycles. The maximum Gasteiger partial charge on any atom is 0.132 e. The number of aromatic amines is 1. The van der Waals surface area contributed by atoms with Crippen molar-refractivity contribution >= 4 is 0 Å². The van der Waals surface area contributed by atoms with Crippen LogP contribution in [0, 0.1) is 11.6 Å². The molecule has 0 bridgehead atoms. The summed E-state index contributed by atoms with van der Waals surface area (Å²) in [5.74, 6) is -0.367. The van der Waals surface area contributed by atoms with Crippen LogP contribution < -0.4 is 5.73 Å². The van der Waals surface area contributed by atoms with Crippen LogP contribution in [0.5, 0.6) is 0 Å². The Kier molecular flexibility index (Phi) is 4.27. The Labute approximate surface area is 110 Å². The summed E-state index contributed by atoms with van der Waals surface area (Å²) in [6, 6.07) is 3.13. The van der Waals surface area contributed by atoms with Gasteiger partial charge in [-0.2, -0.15) is 0 Å². The quantitative estimate of drug-likeness (QED) is 0.868. The number of aromatic nitrogens is 2. The molecule has 0 spiro atoms. The fourth-order valence-electron chi connectivity index (χ4n) is 1.93. The van der Waals surface area contributed by atoms with Gasteiger partial charge < -0.3 is 10.7 Å². The predicted octanol–water partition coefficient (Wildman–Crippen LogP) is 3.54. The lowest BCUT2D eigenvalue weighted by molar-refractivity contribution is 0.580. The monoisotopic (exact) mass is 265 g/mol. The molecule has 1 unspecified atom stereocenters. The zero-order valence-corrected chi connectivity index (χ0v) is 10.8. The fourth-order valence-corrected chi connectivity index (χ4v) is 1.93. The van der Waals surface area contributed by atoms with E-state index in [1.54, 1.807) is 0 Å². The van der Waals surface area contributed by atoms with Gasteiger partial charge in [0, 0.05) is 5.56 Å². The second kappa shape index (κ2) is 5.93. The summed E-state index contributed by atoms with van der Waals surface area (Å²) in [6.07, 6.45) is 4.36. The number of unbranched alkanes of at least 4 members (excludes halogenated alkanes) is 1. The van der Waals surface area contributed by atoms with Crippen LogP contribution >= 0.6 is 0 Å². The third kappa shape index (κ3) is 3.17. The Hall–Kier alpha value is -1.75. The molecule has 0 saturated heterocycles. The Morgan fingerprint density at radius 2 is 2.16 bits per heavy atom. The molecule has 0 amide bonds. The summed E-state index contributed by atoms with van der Waals surface area (Å²) >= 11 is 0. The highest BCUT2D eigenvalue weighted by atomic mass is 19.1. The maximum absolute atomic E-state index is 13.6. The first-order chi connectivity index (χ1) is 9.11. The molecule has 0 aliphatic heterocycles. The van der Waals surface area contributed by atoms with Gasteiger partial charge in [-0.15, -0.1) is 0 Å². The summed E-state index contributed by atoms with van der Waals surface area (Å²) in [4.78, 5) is 7.11. The molecule has 1 aromatic heterocycles. The topological polar surface area (TPSA) is 54.7 Å². The lowest BCUT2D eigenvalue weighted by atomic mass is 10.1. The van der Waals surface area contributed by atoms with Gasteiger partial charge in [0.15, 0.2) is 0 Å². The van der Waals surface area contributed by atoms with Gasteiger partial charge in [-0.05, 0) is 24.6 Å². The van der Waals surface area contributed by atoms with Gasteiger partial charge in [-0.1, -0.05) is 19.8 Å². The second-order valence-electron chi connectivity index (χ2n) is 4.56. The highest BCUT2D eigenvalue weighted by Crippen LogP contribution is 2.24. The number of benzene rings is 1. The first kappa shape index (κ1) is 13.7. The summed E-state index contributed by atoms with van der Waals surface area (Å²) in [6.45, 7) is 2.09. The highest BCUT2D eigenvalue weighted by molar-refractivity contribution is 5.59. The molecule has 0 fully saturated rings. The second-order valence-corrected chi connectivity index (χ2v) is 4.56. The number of imidazole rings is 1. The first-order valence-electron chi connectivity index (χ1n) is 6.37. The van der Waals surface area contributed by atoms with Crippen molar-refractivity contribution in [2.75, 3.05) is 0 Å². The summed E-state index contributed by atoms with van der Waals surface area (Å²) in [5, 5.41) is 0. The number of nitrogens with one attached hydrogen (secondary N) is 1. The number of hydrogen-bond donors (Lipinski definition) is 2. The van der Waals surface area contributed by atoms with E-state index < -0.39 is 11.6 Å². The summed E-state index contributed by atoms with van der Waals surface area (Å²) in [5.41, 5.74) is 6.59. The standard InChI is InChI=1S/C14H17F2N3/c1-2-3-4-12(17)14-18-8-13(19-14)10-7-9(15)5-6-11(10)16/h5-8,12H,2-4,17H2,1H3,(H,18,19). The van der Waals surface area contributed by atoms with Crippen molar-refractivity contribution in [3.8, 4) is 11.3 Å². The summed E-state index contributed by atoms with van der Waals surface area (Å²) < 4.78 is 26.8. The molecule has 0 aliphatic rings. The Bertz CT molecular complexity index is 551. The van der Waals surface area contributed by atoms with E-state index in [1.807, 2.05) is 0 Å². The van der Waals surface area contributed by atoms with E-state index in [9.17, 15) is 8.78 Å². The van der Waals surface area contributed by atoms with Crippen molar-refractivity contribution in [2.24, 2.45) is 5.73 Å². The third-order valence-electron chi connectivity index (χ3n) is 3.03. The maximum atomic E-state index is 13.6. The molecule has 0 radical (unpaired) electrons. The number of rotatable bonds is 5. The van der Waals surface area contributed by atoms with Crippen LogP contribution in [0.3, 0.4) is 0 Å². The number of halogens is 2. The molecule has 1 atom stereocenters. The zero-order valence-electron chi connectivity index (χ0n) is 10.8. The van der Waals surface area contributed by atoms with E-state index in [0.29, 0.717) is 11.5 Å². The molecular weight excluding hydrogens is 248 g/mol. The van der Waals surface area contributed by atoms with Crippen LogP contribution in [0.2, 0.25) is 0 Å². The smallest absolute Gasteiger partial charge is 0.132 e. The van der Waals surface area contributed by atoms with Gasteiger partial charge in [-0.25, -0.2) is 13.8 Å². The van der Waals surface area contributed by atoms with E-state index in [-0.39, 0.29) is 11.6 Å². The Balaban J connectivity index is 2.23. The Morgan fingerprint density at radius 1 is 1.37 bits per heavy atom. The van der Waals surface area contributed by atoms with Crippen LogP contribution in [-0.2, 0) is 0 Å². The van der Waals surface area contributed by atoms with Crippen LogP contribution in [0.25, 0.3) is 11.3 Å². The van der Waals surface area contributed by atoms with Gasteiger partial charge in [0.05, 0.1) is 17.9 Å². The van der Waals surface area contributed by atoms with Crippen LogP contribution in [0.1, 0.15) is 38.1 Å². The van der Waals surface area contributed by atoms with E-state index in [2.05, 4.69) is 16.9 Å². The Morgan fingerprint density at radius 3 is 2.89 bits per heavy atom. The SMILES string of the molecule is CCCCC(N)c1ncc(-c2cc(F)ccc2F)[nH]1. The molecule has 2 rings (SSSR count). The normalized spacial score (nSPS) is 12.6. The molecule has 2 aromatic rings. The molecule has 5 heteroatoms. The van der Waals surface area contributed by atoms with Crippen LogP contribution in [-0.4, -0.2) is 9.97 Å². The molecule has 1 aromatic carbocycles. The molecule has 102 valence electrons. The molecule has 0 aliphatic carbocycles. The highest BCUT2D eigenvalue weighted by Gasteiger charge is 2.13. The van der Waals surface area contributed by atoms with Crippen molar-refractivity contribution in [3.05, 3.63) is 41.9 Å². The van der Waals surface area contributed by atoms with Crippen LogP contribution in [0.4, 0.5) is 8.78 Å². The minimum Gasteiger partial charge on any atom is -0.341 e. The zero-order chi connectivity index (χ0) is 13.8. The van der Waals surface area contributed by atoms with Gasteiger partial charge in [0.25, 0.3) is 0 Å². The number of nitrogens with two attached hydrogens (primary N) is 1. The van der Waals surface area contributed by atoms with Crippen molar-refractivity contribution < 1.29 is 8.78 Å². The van der Waals surface area contributed by atoms with Crippen LogP contribution in [0.15, 0.2) is 24.4 Å². The number of H-pyrrole nitrogens is 1. The largest absolute Gasteiger partial charge is 0.341 e. The molecular formula is C14H17F2N3. The van der Waals surface area contributed by atoms with E-state index in [0.717, 1.165) is 37.5 Å². The van der Waals surface area contributed by atoms with Gasteiger partial charge in [-0.3, -0.25) is 0 Å². The minimum absolute atomic E-state index is 0.168. The molecule has 3 N–H and O–H groups in total. The average Bonchev–Trinajstić information content (AvgIpc) is 2.88. The van der Waals surface area contributed by atoms with Gasteiger partial charge >= 0.3 is 0 Å².